The number of amides is 1. The summed E-state index contributed by atoms with van der Waals surface area (Å²) < 4.78 is 2.23. The molecule has 2 N–H and O–H groups in total. The van der Waals surface area contributed by atoms with E-state index in [2.05, 4.69) is 33.2 Å². The van der Waals surface area contributed by atoms with Crippen LogP contribution in [0.25, 0.3) is 11.0 Å². The Hall–Kier alpha value is -1.88. The lowest BCUT2D eigenvalue weighted by atomic mass is 10.3. The molecule has 0 spiro atoms. The maximum Gasteiger partial charge on any atom is 0.223 e. The van der Waals surface area contributed by atoms with Crippen LogP contribution in [0.15, 0.2) is 24.3 Å². The van der Waals surface area contributed by atoms with E-state index in [4.69, 9.17) is 0 Å². The molecular weight excluding hydrogens is 264 g/mol. The van der Waals surface area contributed by atoms with Gasteiger partial charge in [0.15, 0.2) is 0 Å². The van der Waals surface area contributed by atoms with Crippen molar-refractivity contribution in [1.29, 1.82) is 0 Å². The second kappa shape index (κ2) is 6.26. The van der Waals surface area contributed by atoms with Crippen molar-refractivity contribution in [3.05, 3.63) is 30.1 Å². The van der Waals surface area contributed by atoms with E-state index in [9.17, 15) is 4.79 Å². The monoisotopic (exact) mass is 286 g/mol. The normalized spacial score (nSPS) is 14.5. The first-order chi connectivity index (χ1) is 10.3. The predicted octanol–water partition coefficient (Wildman–Crippen LogP) is 1.67. The molecule has 2 aromatic rings. The molecule has 21 heavy (non-hydrogen) atoms. The maximum absolute atomic E-state index is 11.5. The molecule has 1 aromatic heterocycles. The molecule has 0 aliphatic heterocycles. The molecule has 1 aromatic carbocycles. The number of benzene rings is 1. The first-order valence-corrected chi connectivity index (χ1v) is 7.72. The molecule has 3 rings (SSSR count). The average molecular weight is 286 g/mol. The highest BCUT2D eigenvalue weighted by Gasteiger charge is 2.28. The highest BCUT2D eigenvalue weighted by Crippen LogP contribution is 2.28. The molecular formula is C16H22N4O. The van der Waals surface area contributed by atoms with Gasteiger partial charge in [0, 0.05) is 25.6 Å². The van der Waals surface area contributed by atoms with Crippen molar-refractivity contribution in [2.75, 3.05) is 13.1 Å². The Bertz CT molecular complexity index is 630. The zero-order chi connectivity index (χ0) is 14.7. The second-order valence-electron chi connectivity index (χ2n) is 5.50. The second-order valence-corrected chi connectivity index (χ2v) is 5.50. The molecule has 5 nitrogen and oxygen atoms in total. The summed E-state index contributed by atoms with van der Waals surface area (Å²) in [5, 5.41) is 6.31. The standard InChI is InChI=1S/C16H22N4O/c1-2-20-14-6-4-3-5-13(14)19-15(20)11-17-9-10-18-16(21)12-7-8-12/h3-6,12,17H,2,7-11H2,1H3,(H,18,21). The molecule has 1 amide bonds. The number of fused-ring (bicyclic) bond motifs is 1. The van der Waals surface area contributed by atoms with Crippen LogP contribution < -0.4 is 10.6 Å². The average Bonchev–Trinajstić information content (AvgIpc) is 3.28. The number of aryl methyl sites for hydroxylation is 1. The number of carbonyl (C=O) groups excluding carboxylic acids is 1. The molecule has 112 valence electrons. The van der Waals surface area contributed by atoms with Crippen molar-refractivity contribution in [1.82, 2.24) is 20.2 Å². The number of nitrogens with one attached hydrogen (secondary N) is 2. The number of hydrogen-bond donors (Lipinski definition) is 2. The summed E-state index contributed by atoms with van der Waals surface area (Å²) in [6.45, 7) is 5.22. The van der Waals surface area contributed by atoms with Crippen molar-refractivity contribution < 1.29 is 4.79 Å². The topological polar surface area (TPSA) is 59.0 Å². The molecule has 0 unspecified atom stereocenters. The van der Waals surface area contributed by atoms with Gasteiger partial charge in [-0.25, -0.2) is 4.98 Å². The van der Waals surface area contributed by atoms with Gasteiger partial charge in [0.2, 0.25) is 5.91 Å². The van der Waals surface area contributed by atoms with Gasteiger partial charge in [-0.05, 0) is 31.9 Å². The van der Waals surface area contributed by atoms with Crippen molar-refractivity contribution in [2.24, 2.45) is 5.92 Å². The minimum absolute atomic E-state index is 0.206. The predicted molar refractivity (Wildman–Crippen MR) is 82.8 cm³/mol. The molecule has 1 heterocycles. The van der Waals surface area contributed by atoms with Crippen LogP contribution in [-0.4, -0.2) is 28.5 Å². The number of para-hydroxylation sites is 2. The number of aromatic nitrogens is 2. The maximum atomic E-state index is 11.5. The van der Waals surface area contributed by atoms with Crippen LogP contribution in [-0.2, 0) is 17.9 Å². The summed E-state index contributed by atoms with van der Waals surface area (Å²) in [7, 11) is 0. The fourth-order valence-corrected chi connectivity index (χ4v) is 2.58. The molecule has 1 fully saturated rings. The van der Waals surface area contributed by atoms with Crippen molar-refractivity contribution in [3.63, 3.8) is 0 Å². The van der Waals surface area contributed by atoms with E-state index in [0.717, 1.165) is 43.8 Å². The Morgan fingerprint density at radius 1 is 1.33 bits per heavy atom. The van der Waals surface area contributed by atoms with E-state index in [1.54, 1.807) is 0 Å². The summed E-state index contributed by atoms with van der Waals surface area (Å²) in [5.41, 5.74) is 2.22. The third-order valence-electron chi connectivity index (χ3n) is 3.88. The lowest BCUT2D eigenvalue weighted by Crippen LogP contribution is -2.32. The van der Waals surface area contributed by atoms with E-state index in [0.29, 0.717) is 6.54 Å². The molecule has 1 aliphatic carbocycles. The van der Waals surface area contributed by atoms with Gasteiger partial charge in [-0.1, -0.05) is 12.1 Å². The molecule has 1 saturated carbocycles. The summed E-state index contributed by atoms with van der Waals surface area (Å²) in [6, 6.07) is 8.20. The van der Waals surface area contributed by atoms with E-state index in [1.165, 1.54) is 5.52 Å². The number of hydrogen-bond acceptors (Lipinski definition) is 3. The van der Waals surface area contributed by atoms with Crippen LogP contribution in [0.3, 0.4) is 0 Å². The van der Waals surface area contributed by atoms with Crippen LogP contribution in [0.1, 0.15) is 25.6 Å². The lowest BCUT2D eigenvalue weighted by Gasteiger charge is -2.08. The van der Waals surface area contributed by atoms with Crippen LogP contribution in [0.2, 0.25) is 0 Å². The number of nitrogens with zero attached hydrogens (tertiary/aromatic N) is 2. The van der Waals surface area contributed by atoms with Gasteiger partial charge >= 0.3 is 0 Å². The van der Waals surface area contributed by atoms with Crippen LogP contribution in [0.4, 0.5) is 0 Å². The Balaban J connectivity index is 1.51. The Morgan fingerprint density at radius 2 is 2.14 bits per heavy atom. The van der Waals surface area contributed by atoms with Gasteiger partial charge in [-0.3, -0.25) is 4.79 Å². The Morgan fingerprint density at radius 3 is 2.90 bits per heavy atom. The van der Waals surface area contributed by atoms with E-state index in [1.807, 2.05) is 18.2 Å². The number of carbonyl (C=O) groups is 1. The van der Waals surface area contributed by atoms with Gasteiger partial charge in [0.05, 0.1) is 17.6 Å². The summed E-state index contributed by atoms with van der Waals surface area (Å²) in [4.78, 5) is 16.2. The summed E-state index contributed by atoms with van der Waals surface area (Å²) in [5.74, 6) is 1.54. The Kier molecular flexibility index (Phi) is 4.20. The summed E-state index contributed by atoms with van der Waals surface area (Å²) in [6.07, 6.45) is 2.11. The zero-order valence-corrected chi connectivity index (χ0v) is 12.4. The lowest BCUT2D eigenvalue weighted by molar-refractivity contribution is -0.122. The zero-order valence-electron chi connectivity index (χ0n) is 12.4. The smallest absolute Gasteiger partial charge is 0.223 e. The largest absolute Gasteiger partial charge is 0.355 e. The van der Waals surface area contributed by atoms with Gasteiger partial charge in [-0.2, -0.15) is 0 Å². The van der Waals surface area contributed by atoms with Gasteiger partial charge in [0.1, 0.15) is 5.82 Å². The van der Waals surface area contributed by atoms with Crippen molar-refractivity contribution >= 4 is 16.9 Å². The third kappa shape index (κ3) is 3.24. The summed E-state index contributed by atoms with van der Waals surface area (Å²) >= 11 is 0. The van der Waals surface area contributed by atoms with Gasteiger partial charge in [-0.15, -0.1) is 0 Å². The molecule has 0 atom stereocenters. The molecule has 0 bridgehead atoms. The molecule has 0 saturated heterocycles. The fraction of sp³-hybridized carbons (Fsp3) is 0.500. The van der Waals surface area contributed by atoms with Crippen LogP contribution in [0, 0.1) is 5.92 Å². The molecule has 5 heteroatoms. The van der Waals surface area contributed by atoms with E-state index < -0.39 is 0 Å². The van der Waals surface area contributed by atoms with Crippen molar-refractivity contribution in [2.45, 2.75) is 32.9 Å². The van der Waals surface area contributed by atoms with E-state index in [-0.39, 0.29) is 11.8 Å². The minimum atomic E-state index is 0.206. The van der Waals surface area contributed by atoms with Crippen LogP contribution in [0.5, 0.6) is 0 Å². The quantitative estimate of drug-likeness (QED) is 0.761. The van der Waals surface area contributed by atoms with Crippen molar-refractivity contribution in [3.8, 4) is 0 Å². The minimum Gasteiger partial charge on any atom is -0.355 e. The van der Waals surface area contributed by atoms with Gasteiger partial charge in [0.25, 0.3) is 0 Å². The fourth-order valence-electron chi connectivity index (χ4n) is 2.58. The highest BCUT2D eigenvalue weighted by atomic mass is 16.2. The first kappa shape index (κ1) is 14.1. The SMILES string of the molecule is CCn1c(CNCCNC(=O)C2CC2)nc2ccccc21. The number of rotatable bonds is 7. The molecule has 1 aliphatic rings. The first-order valence-electron chi connectivity index (χ1n) is 7.72. The Labute approximate surface area is 124 Å². The highest BCUT2D eigenvalue weighted by molar-refractivity contribution is 5.80. The van der Waals surface area contributed by atoms with E-state index >= 15 is 0 Å². The van der Waals surface area contributed by atoms with Gasteiger partial charge < -0.3 is 15.2 Å². The molecule has 0 radical (unpaired) electrons. The van der Waals surface area contributed by atoms with Crippen LogP contribution >= 0.6 is 0 Å². The third-order valence-corrected chi connectivity index (χ3v) is 3.88. The number of imidazole rings is 1.